The minimum Gasteiger partial charge on any atom is -0.506 e. The van der Waals surface area contributed by atoms with Gasteiger partial charge in [-0.05, 0) is 34.5 Å². The Hall–Kier alpha value is -0.960. The maximum Gasteiger partial charge on any atom is 0.139 e. The fraction of sp³-hybridized carbons (Fsp3) is 0.200. The van der Waals surface area contributed by atoms with Gasteiger partial charge in [-0.25, -0.2) is 0 Å². The van der Waals surface area contributed by atoms with Gasteiger partial charge in [0.25, 0.3) is 0 Å². The molecule has 3 heteroatoms. The highest BCUT2D eigenvalue weighted by Crippen LogP contribution is 2.33. The standard InChI is InChI=1S/C10H10BrNO/c1-6-7-4-3-5-8(13)9(7)12(2)10(6)11/h3-5,13H,1-2H3. The van der Waals surface area contributed by atoms with Crippen LogP contribution in [0, 0.1) is 6.92 Å². The molecule has 0 saturated carbocycles. The van der Waals surface area contributed by atoms with Crippen molar-refractivity contribution in [3.05, 3.63) is 28.4 Å². The van der Waals surface area contributed by atoms with E-state index in [0.29, 0.717) is 5.75 Å². The Balaban J connectivity index is 3.03. The summed E-state index contributed by atoms with van der Waals surface area (Å²) in [4.78, 5) is 0. The second-order valence-electron chi connectivity index (χ2n) is 3.15. The largest absolute Gasteiger partial charge is 0.506 e. The Kier molecular flexibility index (Phi) is 1.84. The van der Waals surface area contributed by atoms with Gasteiger partial charge in [-0.15, -0.1) is 0 Å². The number of rotatable bonds is 0. The fourth-order valence-corrected chi connectivity index (χ4v) is 2.04. The number of fused-ring (bicyclic) bond motifs is 1. The van der Waals surface area contributed by atoms with Crippen molar-refractivity contribution in [2.45, 2.75) is 6.92 Å². The summed E-state index contributed by atoms with van der Waals surface area (Å²) < 4.78 is 2.96. The lowest BCUT2D eigenvalue weighted by atomic mass is 10.2. The van der Waals surface area contributed by atoms with Crippen molar-refractivity contribution in [3.8, 4) is 5.75 Å². The molecular weight excluding hydrogens is 230 g/mol. The van der Waals surface area contributed by atoms with Gasteiger partial charge in [0, 0.05) is 12.4 Å². The van der Waals surface area contributed by atoms with E-state index in [-0.39, 0.29) is 0 Å². The first-order valence-corrected chi connectivity index (χ1v) is 4.84. The van der Waals surface area contributed by atoms with E-state index in [1.807, 2.05) is 30.7 Å². The molecule has 0 spiro atoms. The van der Waals surface area contributed by atoms with Gasteiger partial charge < -0.3 is 9.67 Å². The van der Waals surface area contributed by atoms with E-state index >= 15 is 0 Å². The topological polar surface area (TPSA) is 25.2 Å². The van der Waals surface area contributed by atoms with E-state index in [2.05, 4.69) is 15.9 Å². The molecule has 0 fully saturated rings. The highest BCUT2D eigenvalue weighted by atomic mass is 79.9. The van der Waals surface area contributed by atoms with Gasteiger partial charge in [-0.3, -0.25) is 0 Å². The van der Waals surface area contributed by atoms with Crippen LogP contribution in [0.4, 0.5) is 0 Å². The first kappa shape index (κ1) is 8.63. The SMILES string of the molecule is Cc1c(Br)n(C)c2c(O)cccc12. The molecule has 0 atom stereocenters. The highest BCUT2D eigenvalue weighted by Gasteiger charge is 2.11. The molecule has 0 saturated heterocycles. The normalized spacial score (nSPS) is 11.0. The third kappa shape index (κ3) is 1.07. The molecule has 0 amide bonds. The first-order valence-electron chi connectivity index (χ1n) is 4.05. The Morgan fingerprint density at radius 2 is 2.08 bits per heavy atom. The van der Waals surface area contributed by atoms with Crippen LogP contribution in [0.15, 0.2) is 22.8 Å². The van der Waals surface area contributed by atoms with Crippen molar-refractivity contribution in [1.82, 2.24) is 4.57 Å². The number of phenolic OH excluding ortho intramolecular Hbond substituents is 1. The zero-order chi connectivity index (χ0) is 9.59. The number of hydrogen-bond acceptors (Lipinski definition) is 1. The summed E-state index contributed by atoms with van der Waals surface area (Å²) >= 11 is 3.48. The predicted octanol–water partition coefficient (Wildman–Crippen LogP) is 2.95. The minimum atomic E-state index is 0.328. The van der Waals surface area contributed by atoms with Crippen LogP contribution < -0.4 is 0 Å². The molecule has 1 heterocycles. The van der Waals surface area contributed by atoms with Crippen LogP contribution in [-0.2, 0) is 7.05 Å². The lowest BCUT2D eigenvalue weighted by Crippen LogP contribution is -1.86. The molecule has 13 heavy (non-hydrogen) atoms. The first-order chi connectivity index (χ1) is 6.13. The maximum atomic E-state index is 9.65. The molecule has 0 unspecified atom stereocenters. The Bertz CT molecular complexity index is 473. The Labute approximate surface area is 84.9 Å². The maximum absolute atomic E-state index is 9.65. The number of aromatic hydroxyl groups is 1. The van der Waals surface area contributed by atoms with Crippen molar-refractivity contribution < 1.29 is 5.11 Å². The number of aromatic nitrogens is 1. The van der Waals surface area contributed by atoms with Crippen molar-refractivity contribution in [1.29, 1.82) is 0 Å². The molecule has 2 nitrogen and oxygen atoms in total. The molecule has 1 aromatic heterocycles. The summed E-state index contributed by atoms with van der Waals surface area (Å²) in [6.07, 6.45) is 0. The monoisotopic (exact) mass is 239 g/mol. The van der Waals surface area contributed by atoms with Crippen LogP contribution in [0.25, 0.3) is 10.9 Å². The van der Waals surface area contributed by atoms with Crippen LogP contribution in [0.3, 0.4) is 0 Å². The number of halogens is 1. The summed E-state index contributed by atoms with van der Waals surface area (Å²) in [6, 6.07) is 5.57. The number of hydrogen-bond donors (Lipinski definition) is 1. The molecule has 68 valence electrons. The van der Waals surface area contributed by atoms with Crippen LogP contribution in [0.2, 0.25) is 0 Å². The summed E-state index contributed by atoms with van der Waals surface area (Å²) in [7, 11) is 1.93. The highest BCUT2D eigenvalue weighted by molar-refractivity contribution is 9.10. The second-order valence-corrected chi connectivity index (χ2v) is 3.90. The van der Waals surface area contributed by atoms with E-state index in [1.54, 1.807) is 6.07 Å². The van der Waals surface area contributed by atoms with Gasteiger partial charge in [0.2, 0.25) is 0 Å². The molecule has 0 aliphatic rings. The van der Waals surface area contributed by atoms with Crippen LogP contribution in [0.5, 0.6) is 5.75 Å². The molecule has 2 rings (SSSR count). The van der Waals surface area contributed by atoms with Gasteiger partial charge in [0.05, 0.1) is 10.1 Å². The summed E-state index contributed by atoms with van der Waals surface area (Å²) in [5, 5.41) is 10.7. The lowest BCUT2D eigenvalue weighted by molar-refractivity contribution is 0.479. The number of nitrogens with zero attached hydrogens (tertiary/aromatic N) is 1. The Morgan fingerprint density at radius 1 is 1.38 bits per heavy atom. The zero-order valence-electron chi connectivity index (χ0n) is 7.50. The average Bonchev–Trinajstić information content (AvgIpc) is 2.33. The van der Waals surface area contributed by atoms with Crippen LogP contribution >= 0.6 is 15.9 Å². The van der Waals surface area contributed by atoms with Crippen molar-refractivity contribution in [2.24, 2.45) is 7.05 Å². The molecule has 0 aliphatic carbocycles. The van der Waals surface area contributed by atoms with Crippen molar-refractivity contribution in [3.63, 3.8) is 0 Å². The van der Waals surface area contributed by atoms with E-state index in [4.69, 9.17) is 0 Å². The van der Waals surface area contributed by atoms with Crippen molar-refractivity contribution in [2.75, 3.05) is 0 Å². The van der Waals surface area contributed by atoms with E-state index in [1.165, 1.54) is 0 Å². The van der Waals surface area contributed by atoms with Crippen molar-refractivity contribution >= 4 is 26.8 Å². The third-order valence-corrected chi connectivity index (χ3v) is 3.48. The minimum absolute atomic E-state index is 0.328. The quantitative estimate of drug-likeness (QED) is 0.752. The van der Waals surface area contributed by atoms with E-state index < -0.39 is 0 Å². The van der Waals surface area contributed by atoms with Gasteiger partial charge in [-0.2, -0.15) is 0 Å². The average molecular weight is 240 g/mol. The molecule has 1 N–H and O–H groups in total. The van der Waals surface area contributed by atoms with Gasteiger partial charge in [0.1, 0.15) is 5.75 Å². The molecule has 0 aliphatic heterocycles. The van der Waals surface area contributed by atoms with Gasteiger partial charge in [-0.1, -0.05) is 12.1 Å². The summed E-state index contributed by atoms with van der Waals surface area (Å²) in [6.45, 7) is 2.03. The lowest BCUT2D eigenvalue weighted by Gasteiger charge is -1.99. The van der Waals surface area contributed by atoms with E-state index in [0.717, 1.165) is 21.1 Å². The fourth-order valence-electron chi connectivity index (χ4n) is 1.65. The second kappa shape index (κ2) is 2.77. The molecule has 1 aromatic carbocycles. The smallest absolute Gasteiger partial charge is 0.139 e. The summed E-state index contributed by atoms with van der Waals surface area (Å²) in [5.41, 5.74) is 2.04. The number of aryl methyl sites for hydroxylation is 2. The van der Waals surface area contributed by atoms with Crippen LogP contribution in [-0.4, -0.2) is 9.67 Å². The van der Waals surface area contributed by atoms with E-state index in [9.17, 15) is 5.11 Å². The van der Waals surface area contributed by atoms with Crippen LogP contribution in [0.1, 0.15) is 5.56 Å². The summed E-state index contributed by atoms with van der Waals surface area (Å²) in [5.74, 6) is 0.328. The Morgan fingerprint density at radius 3 is 2.69 bits per heavy atom. The molecule has 0 radical (unpaired) electrons. The number of para-hydroxylation sites is 1. The predicted molar refractivity (Wildman–Crippen MR) is 57.0 cm³/mol. The molecular formula is C10H10BrNO. The zero-order valence-corrected chi connectivity index (χ0v) is 9.09. The molecule has 2 aromatic rings. The van der Waals surface area contributed by atoms with Gasteiger partial charge >= 0.3 is 0 Å². The molecule has 0 bridgehead atoms. The van der Waals surface area contributed by atoms with Gasteiger partial charge in [0.15, 0.2) is 0 Å². The number of phenols is 1. The third-order valence-electron chi connectivity index (χ3n) is 2.36. The number of benzene rings is 1.